The van der Waals surface area contributed by atoms with Crippen molar-refractivity contribution in [1.82, 2.24) is 20.1 Å². The molecule has 1 aliphatic carbocycles. The fourth-order valence-corrected chi connectivity index (χ4v) is 4.93. The first-order chi connectivity index (χ1) is 14.7. The third-order valence-corrected chi connectivity index (χ3v) is 6.79. The summed E-state index contributed by atoms with van der Waals surface area (Å²) in [4.78, 5) is 19.5. The first kappa shape index (κ1) is 19.4. The van der Waals surface area contributed by atoms with E-state index in [1.165, 1.54) is 0 Å². The molecular weight excluding hydrogens is 440 g/mol. The summed E-state index contributed by atoms with van der Waals surface area (Å²) in [5.41, 5.74) is 2.57. The molecule has 3 heterocycles. The standard InChI is InChI=1S/C21H17ClN4O2S2/c22-17-4-2-1-3-16(17)20-25-24-18(28-20)10-26(15-5-6-15)19(27)9-14-12-30-21(23-14)13-7-8-29-11-13/h1-4,7-8,11-12,15H,5-6,9-10H2. The summed E-state index contributed by atoms with van der Waals surface area (Å²) < 4.78 is 5.80. The van der Waals surface area contributed by atoms with Gasteiger partial charge in [0.2, 0.25) is 17.7 Å². The van der Waals surface area contributed by atoms with Crippen LogP contribution < -0.4 is 0 Å². The Morgan fingerprint density at radius 2 is 2.07 bits per heavy atom. The van der Waals surface area contributed by atoms with Gasteiger partial charge in [0.05, 0.1) is 29.2 Å². The van der Waals surface area contributed by atoms with Crippen LogP contribution in [0.5, 0.6) is 0 Å². The average molecular weight is 457 g/mol. The summed E-state index contributed by atoms with van der Waals surface area (Å²) in [6.45, 7) is 0.294. The number of benzene rings is 1. The van der Waals surface area contributed by atoms with Crippen molar-refractivity contribution in [2.75, 3.05) is 0 Å². The van der Waals surface area contributed by atoms with Gasteiger partial charge < -0.3 is 9.32 Å². The van der Waals surface area contributed by atoms with Gasteiger partial charge in [0.1, 0.15) is 5.01 Å². The van der Waals surface area contributed by atoms with E-state index < -0.39 is 0 Å². The number of hydrogen-bond acceptors (Lipinski definition) is 7. The topological polar surface area (TPSA) is 72.1 Å². The summed E-state index contributed by atoms with van der Waals surface area (Å²) in [7, 11) is 0. The van der Waals surface area contributed by atoms with Crippen LogP contribution in [-0.4, -0.2) is 32.0 Å². The molecule has 6 nitrogen and oxygen atoms in total. The lowest BCUT2D eigenvalue weighted by Crippen LogP contribution is -2.34. The molecule has 152 valence electrons. The lowest BCUT2D eigenvalue weighted by Gasteiger charge is -2.20. The number of aromatic nitrogens is 3. The highest BCUT2D eigenvalue weighted by Gasteiger charge is 2.34. The Hall–Kier alpha value is -2.55. The van der Waals surface area contributed by atoms with Crippen molar-refractivity contribution in [2.45, 2.75) is 31.8 Å². The van der Waals surface area contributed by atoms with Crippen LogP contribution >= 0.6 is 34.3 Å². The van der Waals surface area contributed by atoms with Gasteiger partial charge in [-0.3, -0.25) is 4.79 Å². The first-order valence-electron chi connectivity index (χ1n) is 9.51. The van der Waals surface area contributed by atoms with Crippen LogP contribution in [0.1, 0.15) is 24.4 Å². The van der Waals surface area contributed by atoms with Gasteiger partial charge in [-0.2, -0.15) is 11.3 Å². The van der Waals surface area contributed by atoms with Crippen LogP contribution in [0.3, 0.4) is 0 Å². The van der Waals surface area contributed by atoms with E-state index in [0.29, 0.717) is 28.9 Å². The number of halogens is 1. The quantitative estimate of drug-likeness (QED) is 0.377. The molecule has 0 bridgehead atoms. The highest BCUT2D eigenvalue weighted by molar-refractivity contribution is 7.14. The molecule has 1 saturated carbocycles. The fraction of sp³-hybridized carbons (Fsp3) is 0.238. The van der Waals surface area contributed by atoms with E-state index in [-0.39, 0.29) is 18.4 Å². The molecule has 0 radical (unpaired) electrons. The second-order valence-corrected chi connectivity index (χ2v) is 9.11. The van der Waals surface area contributed by atoms with Crippen molar-refractivity contribution in [2.24, 2.45) is 0 Å². The van der Waals surface area contributed by atoms with Gasteiger partial charge in [0, 0.05) is 22.4 Å². The van der Waals surface area contributed by atoms with Crippen molar-refractivity contribution in [3.8, 4) is 22.0 Å². The van der Waals surface area contributed by atoms with Crippen molar-refractivity contribution in [3.63, 3.8) is 0 Å². The molecule has 0 unspecified atom stereocenters. The van der Waals surface area contributed by atoms with E-state index in [1.54, 1.807) is 28.7 Å². The molecular formula is C21H17ClN4O2S2. The number of carbonyl (C=O) groups is 1. The minimum atomic E-state index is 0.0252. The molecule has 0 N–H and O–H groups in total. The molecule has 1 fully saturated rings. The molecule has 0 saturated heterocycles. The molecule has 9 heteroatoms. The van der Waals surface area contributed by atoms with Crippen LogP contribution in [-0.2, 0) is 17.8 Å². The summed E-state index contributed by atoms with van der Waals surface area (Å²) in [6.07, 6.45) is 2.26. The van der Waals surface area contributed by atoms with Crippen LogP contribution in [0.25, 0.3) is 22.0 Å². The van der Waals surface area contributed by atoms with E-state index >= 15 is 0 Å². The van der Waals surface area contributed by atoms with Crippen molar-refractivity contribution in [3.05, 3.63) is 63.1 Å². The Bertz CT molecular complexity index is 1170. The van der Waals surface area contributed by atoms with Gasteiger partial charge in [-0.1, -0.05) is 23.7 Å². The molecule has 30 heavy (non-hydrogen) atoms. The number of thiophene rings is 1. The lowest BCUT2D eigenvalue weighted by atomic mass is 10.2. The molecule has 1 aliphatic rings. The van der Waals surface area contributed by atoms with Crippen LogP contribution in [0.4, 0.5) is 0 Å². The van der Waals surface area contributed by atoms with E-state index in [9.17, 15) is 4.79 Å². The predicted octanol–water partition coefficient (Wildman–Crippen LogP) is 5.31. The van der Waals surface area contributed by atoms with E-state index in [4.69, 9.17) is 16.0 Å². The third-order valence-electron chi connectivity index (χ3n) is 4.84. The maximum Gasteiger partial charge on any atom is 0.249 e. The summed E-state index contributed by atoms with van der Waals surface area (Å²) >= 11 is 9.42. The molecule has 0 spiro atoms. The first-order valence-corrected chi connectivity index (χ1v) is 11.7. The smallest absolute Gasteiger partial charge is 0.249 e. The van der Waals surface area contributed by atoms with Crippen molar-refractivity contribution < 1.29 is 9.21 Å². The zero-order valence-electron chi connectivity index (χ0n) is 15.8. The third kappa shape index (κ3) is 4.16. The molecule has 0 atom stereocenters. The molecule has 1 amide bonds. The number of thiazole rings is 1. The number of carbonyl (C=O) groups excluding carboxylic acids is 1. The highest BCUT2D eigenvalue weighted by atomic mass is 35.5. The molecule has 0 aliphatic heterocycles. The zero-order chi connectivity index (χ0) is 20.5. The van der Waals surface area contributed by atoms with Gasteiger partial charge in [0.15, 0.2) is 0 Å². The van der Waals surface area contributed by atoms with Gasteiger partial charge in [0.25, 0.3) is 0 Å². The minimum absolute atomic E-state index is 0.0252. The van der Waals surface area contributed by atoms with Gasteiger partial charge in [-0.05, 0) is 36.4 Å². The van der Waals surface area contributed by atoms with E-state index in [2.05, 4.69) is 20.6 Å². The van der Waals surface area contributed by atoms with Crippen molar-refractivity contribution in [1.29, 1.82) is 0 Å². The maximum absolute atomic E-state index is 13.0. The Kier molecular flexibility index (Phi) is 5.37. The Labute approximate surface area is 186 Å². The Balaban J connectivity index is 1.29. The summed E-state index contributed by atoms with van der Waals surface area (Å²) in [5, 5.41) is 15.8. The monoisotopic (exact) mass is 456 g/mol. The highest BCUT2D eigenvalue weighted by Crippen LogP contribution is 2.31. The number of nitrogens with zero attached hydrogens (tertiary/aromatic N) is 4. The van der Waals surface area contributed by atoms with Gasteiger partial charge >= 0.3 is 0 Å². The van der Waals surface area contributed by atoms with Gasteiger partial charge in [-0.25, -0.2) is 4.98 Å². The average Bonchev–Trinajstić information content (AvgIpc) is 3.15. The fourth-order valence-electron chi connectivity index (χ4n) is 3.18. The minimum Gasteiger partial charge on any atom is -0.419 e. The second-order valence-electron chi connectivity index (χ2n) is 7.07. The van der Waals surface area contributed by atoms with E-state index in [1.807, 2.05) is 39.9 Å². The zero-order valence-corrected chi connectivity index (χ0v) is 18.2. The normalized spacial score (nSPS) is 13.5. The number of rotatable bonds is 7. The second kappa shape index (κ2) is 8.29. The predicted molar refractivity (Wildman–Crippen MR) is 117 cm³/mol. The van der Waals surface area contributed by atoms with Crippen molar-refractivity contribution >= 4 is 40.2 Å². The van der Waals surface area contributed by atoms with Gasteiger partial charge in [-0.15, -0.1) is 21.5 Å². The van der Waals surface area contributed by atoms with Crippen LogP contribution in [0.15, 0.2) is 50.9 Å². The number of amides is 1. The summed E-state index contributed by atoms with van der Waals surface area (Å²) in [6, 6.07) is 9.58. The maximum atomic E-state index is 13.0. The Morgan fingerprint density at radius 3 is 2.83 bits per heavy atom. The molecule has 1 aromatic carbocycles. The van der Waals surface area contributed by atoms with Crippen LogP contribution in [0, 0.1) is 0 Å². The SMILES string of the molecule is O=C(Cc1csc(-c2ccsc2)n1)N(Cc1nnc(-c2ccccc2Cl)o1)C1CC1. The van der Waals surface area contributed by atoms with Crippen LogP contribution in [0.2, 0.25) is 5.02 Å². The largest absolute Gasteiger partial charge is 0.419 e. The molecule has 5 rings (SSSR count). The number of hydrogen-bond donors (Lipinski definition) is 0. The lowest BCUT2D eigenvalue weighted by molar-refractivity contribution is -0.132. The Morgan fingerprint density at radius 1 is 1.20 bits per heavy atom. The van der Waals surface area contributed by atoms with E-state index in [0.717, 1.165) is 29.1 Å². The molecule has 4 aromatic rings. The summed E-state index contributed by atoms with van der Waals surface area (Å²) in [5.74, 6) is 0.790. The molecule has 3 aromatic heterocycles.